The first-order valence-electron chi connectivity index (χ1n) is 5.82. The van der Waals surface area contributed by atoms with Gasteiger partial charge in [0, 0.05) is 4.47 Å². The molecule has 0 bridgehead atoms. The van der Waals surface area contributed by atoms with E-state index in [9.17, 15) is 9.83 Å². The van der Waals surface area contributed by atoms with Crippen LogP contribution in [-0.4, -0.2) is 13.2 Å². The molecular formula is C13H15BrNO3P. The normalized spacial score (nSPS) is 12.2. The van der Waals surface area contributed by atoms with Gasteiger partial charge in [0.1, 0.15) is 11.4 Å². The van der Waals surface area contributed by atoms with Crippen molar-refractivity contribution in [3.8, 4) is 6.07 Å². The smallest absolute Gasteiger partial charge is 0.305 e. The van der Waals surface area contributed by atoms with E-state index in [1.54, 1.807) is 13.8 Å². The van der Waals surface area contributed by atoms with Crippen molar-refractivity contribution >= 4 is 29.6 Å². The minimum Gasteiger partial charge on any atom is -0.305 e. The molecule has 0 aliphatic heterocycles. The third-order valence-electron chi connectivity index (χ3n) is 2.16. The highest BCUT2D eigenvalue weighted by molar-refractivity contribution is 9.10. The highest BCUT2D eigenvalue weighted by Gasteiger charge is 2.29. The van der Waals surface area contributed by atoms with E-state index < -0.39 is 7.60 Å². The highest BCUT2D eigenvalue weighted by atomic mass is 79.9. The van der Waals surface area contributed by atoms with Crippen LogP contribution in [0.1, 0.15) is 19.4 Å². The Morgan fingerprint density at radius 1 is 1.42 bits per heavy atom. The van der Waals surface area contributed by atoms with Crippen molar-refractivity contribution in [2.45, 2.75) is 13.8 Å². The van der Waals surface area contributed by atoms with Gasteiger partial charge in [0.15, 0.2) is 0 Å². The average molecular weight is 344 g/mol. The van der Waals surface area contributed by atoms with Gasteiger partial charge in [-0.1, -0.05) is 28.1 Å². The van der Waals surface area contributed by atoms with E-state index in [1.165, 1.54) is 6.08 Å². The van der Waals surface area contributed by atoms with Gasteiger partial charge < -0.3 is 9.05 Å². The Bertz CT molecular complexity index is 541. The van der Waals surface area contributed by atoms with E-state index >= 15 is 0 Å². The molecule has 0 heterocycles. The third kappa shape index (κ3) is 4.59. The van der Waals surface area contributed by atoms with Crippen LogP contribution in [0.25, 0.3) is 6.08 Å². The summed E-state index contributed by atoms with van der Waals surface area (Å²) in [6, 6.07) is 9.24. The van der Waals surface area contributed by atoms with Crippen molar-refractivity contribution in [3.63, 3.8) is 0 Å². The van der Waals surface area contributed by atoms with Crippen molar-refractivity contribution in [2.75, 3.05) is 13.2 Å². The van der Waals surface area contributed by atoms with Crippen LogP contribution in [0.2, 0.25) is 0 Å². The topological polar surface area (TPSA) is 59.3 Å². The third-order valence-corrected chi connectivity index (χ3v) is 4.67. The lowest BCUT2D eigenvalue weighted by molar-refractivity contribution is 0.227. The number of nitrogens with zero attached hydrogens (tertiary/aromatic N) is 1. The second-order valence-corrected chi connectivity index (χ2v) is 6.44. The summed E-state index contributed by atoms with van der Waals surface area (Å²) in [4.78, 5) is 0. The maximum Gasteiger partial charge on any atom is 0.371 e. The van der Waals surface area contributed by atoms with Crippen LogP contribution in [0, 0.1) is 11.3 Å². The van der Waals surface area contributed by atoms with Crippen LogP contribution < -0.4 is 0 Å². The molecule has 0 saturated heterocycles. The van der Waals surface area contributed by atoms with Crippen LogP contribution in [0.5, 0.6) is 0 Å². The van der Waals surface area contributed by atoms with Crippen LogP contribution in [-0.2, 0) is 13.6 Å². The zero-order valence-corrected chi connectivity index (χ0v) is 13.3. The first kappa shape index (κ1) is 16.1. The SMILES string of the molecule is CCOP(=O)(OCC)/C(C#N)=C/c1cccc(Br)c1. The first-order valence-corrected chi connectivity index (χ1v) is 8.16. The van der Waals surface area contributed by atoms with Gasteiger partial charge in [-0.3, -0.25) is 4.57 Å². The van der Waals surface area contributed by atoms with E-state index in [0.29, 0.717) is 0 Å². The molecule has 0 radical (unpaired) electrons. The van der Waals surface area contributed by atoms with Crippen LogP contribution in [0.4, 0.5) is 0 Å². The molecule has 0 spiro atoms. The Balaban J connectivity index is 3.18. The van der Waals surface area contributed by atoms with Gasteiger partial charge in [-0.15, -0.1) is 0 Å². The second-order valence-electron chi connectivity index (χ2n) is 3.53. The van der Waals surface area contributed by atoms with Crippen molar-refractivity contribution in [3.05, 3.63) is 39.6 Å². The number of nitriles is 1. The van der Waals surface area contributed by atoms with Crippen LogP contribution >= 0.6 is 23.5 Å². The van der Waals surface area contributed by atoms with E-state index in [-0.39, 0.29) is 18.5 Å². The van der Waals surface area contributed by atoms with Gasteiger partial charge in [-0.2, -0.15) is 5.26 Å². The highest BCUT2D eigenvalue weighted by Crippen LogP contribution is 2.56. The van der Waals surface area contributed by atoms with Crippen molar-refractivity contribution in [1.82, 2.24) is 0 Å². The molecule has 0 N–H and O–H groups in total. The number of hydrogen-bond donors (Lipinski definition) is 0. The summed E-state index contributed by atoms with van der Waals surface area (Å²) in [7, 11) is -3.53. The predicted octanol–water partition coefficient (Wildman–Crippen LogP) is 4.58. The maximum atomic E-state index is 12.5. The van der Waals surface area contributed by atoms with Gasteiger partial charge in [-0.25, -0.2) is 0 Å². The summed E-state index contributed by atoms with van der Waals surface area (Å²) in [6.45, 7) is 3.85. The quantitative estimate of drug-likeness (QED) is 0.560. The molecule has 0 atom stereocenters. The predicted molar refractivity (Wildman–Crippen MR) is 78.6 cm³/mol. The fourth-order valence-corrected chi connectivity index (χ4v) is 3.32. The molecule has 6 heteroatoms. The molecular weight excluding hydrogens is 329 g/mol. The molecule has 1 rings (SSSR count). The Morgan fingerprint density at radius 3 is 2.53 bits per heavy atom. The summed E-state index contributed by atoms with van der Waals surface area (Å²) >= 11 is 3.34. The fraction of sp³-hybridized carbons (Fsp3) is 0.308. The molecule has 0 fully saturated rings. The molecule has 0 aromatic heterocycles. The monoisotopic (exact) mass is 343 g/mol. The maximum absolute atomic E-state index is 12.5. The lowest BCUT2D eigenvalue weighted by Gasteiger charge is -2.15. The average Bonchev–Trinajstić information content (AvgIpc) is 2.36. The lowest BCUT2D eigenvalue weighted by Crippen LogP contribution is -1.97. The Hall–Kier alpha value is -0.920. The Morgan fingerprint density at radius 2 is 2.05 bits per heavy atom. The molecule has 4 nitrogen and oxygen atoms in total. The number of allylic oxidation sites excluding steroid dienone is 1. The molecule has 0 amide bonds. The minimum absolute atomic E-state index is 0.00861. The van der Waals surface area contributed by atoms with Gasteiger partial charge >= 0.3 is 7.60 Å². The van der Waals surface area contributed by atoms with Crippen molar-refractivity contribution in [2.24, 2.45) is 0 Å². The van der Waals surface area contributed by atoms with Gasteiger partial charge in [0.25, 0.3) is 0 Å². The molecule has 1 aromatic carbocycles. The van der Waals surface area contributed by atoms with Gasteiger partial charge in [-0.05, 0) is 37.6 Å². The van der Waals surface area contributed by atoms with Crippen molar-refractivity contribution < 1.29 is 13.6 Å². The molecule has 102 valence electrons. The summed E-state index contributed by atoms with van der Waals surface area (Å²) in [5.41, 5.74) is 0.755. The number of hydrogen-bond acceptors (Lipinski definition) is 4. The summed E-state index contributed by atoms with van der Waals surface area (Å²) < 4.78 is 23.7. The first-order chi connectivity index (χ1) is 9.05. The zero-order chi connectivity index (χ0) is 14.3. The number of halogens is 1. The van der Waals surface area contributed by atoms with Crippen LogP contribution in [0.15, 0.2) is 34.1 Å². The molecule has 0 aliphatic rings. The van der Waals surface area contributed by atoms with E-state index in [0.717, 1.165) is 10.0 Å². The van der Waals surface area contributed by atoms with Crippen molar-refractivity contribution in [1.29, 1.82) is 5.26 Å². The zero-order valence-electron chi connectivity index (χ0n) is 10.8. The Labute approximate surface area is 121 Å². The van der Waals surface area contributed by atoms with E-state index in [1.807, 2.05) is 30.3 Å². The number of benzene rings is 1. The number of rotatable bonds is 6. The van der Waals surface area contributed by atoms with Gasteiger partial charge in [0.2, 0.25) is 0 Å². The standard InChI is InChI=1S/C13H15BrNO3P/c1-3-17-19(16,18-4-2)13(10-15)9-11-6-5-7-12(14)8-11/h5-9H,3-4H2,1-2H3/b13-9+. The molecule has 0 aliphatic carbocycles. The summed E-state index contributed by atoms with van der Waals surface area (Å²) in [6.07, 6.45) is 1.52. The second kappa shape index (κ2) is 7.62. The minimum atomic E-state index is -3.53. The summed E-state index contributed by atoms with van der Waals surface area (Å²) in [5.74, 6) is 0. The van der Waals surface area contributed by atoms with Crippen LogP contribution in [0.3, 0.4) is 0 Å². The van der Waals surface area contributed by atoms with E-state index in [4.69, 9.17) is 9.05 Å². The molecule has 1 aromatic rings. The molecule has 19 heavy (non-hydrogen) atoms. The molecule has 0 saturated carbocycles. The van der Waals surface area contributed by atoms with Gasteiger partial charge in [0.05, 0.1) is 13.2 Å². The molecule has 0 unspecified atom stereocenters. The lowest BCUT2D eigenvalue weighted by atomic mass is 10.2. The largest absolute Gasteiger partial charge is 0.371 e. The van der Waals surface area contributed by atoms with E-state index in [2.05, 4.69) is 15.9 Å². The summed E-state index contributed by atoms with van der Waals surface area (Å²) in [5, 5.41) is 9.19. The fourth-order valence-electron chi connectivity index (χ4n) is 1.44. The Kier molecular flexibility index (Phi) is 6.47.